The predicted molar refractivity (Wildman–Crippen MR) is 150 cm³/mol. The van der Waals surface area contributed by atoms with Crippen LogP contribution in [0.1, 0.15) is 82.8 Å². The molecule has 36 heavy (non-hydrogen) atoms. The van der Waals surface area contributed by atoms with Crippen molar-refractivity contribution in [3.63, 3.8) is 0 Å². The number of aryl methyl sites for hydroxylation is 1. The Morgan fingerprint density at radius 1 is 0.778 bits per heavy atom. The van der Waals surface area contributed by atoms with Crippen LogP contribution in [0.4, 0.5) is 0 Å². The third-order valence-corrected chi connectivity index (χ3v) is 6.83. The predicted octanol–water partition coefficient (Wildman–Crippen LogP) is 7.59. The van der Waals surface area contributed by atoms with Gasteiger partial charge in [-0.15, -0.1) is 0 Å². The second-order valence-corrected chi connectivity index (χ2v) is 10.8. The van der Waals surface area contributed by atoms with Gasteiger partial charge in [0.25, 0.3) is 0 Å². The molecule has 0 aliphatic rings. The van der Waals surface area contributed by atoms with Crippen LogP contribution in [0.15, 0.2) is 54.6 Å². The molecular formula is C32H50NO3+. The van der Waals surface area contributed by atoms with Crippen molar-refractivity contribution in [2.24, 2.45) is 5.92 Å². The molecule has 0 heterocycles. The van der Waals surface area contributed by atoms with E-state index in [1.807, 2.05) is 18.2 Å². The van der Waals surface area contributed by atoms with Crippen molar-refractivity contribution in [1.29, 1.82) is 0 Å². The Bertz CT molecular complexity index is 832. The summed E-state index contributed by atoms with van der Waals surface area (Å²) in [5.41, 5.74) is 2.64. The first-order valence-corrected chi connectivity index (χ1v) is 14.2. The highest BCUT2D eigenvalue weighted by molar-refractivity contribution is 5.72. The first kappa shape index (κ1) is 29.9. The van der Waals surface area contributed by atoms with Crippen LogP contribution in [0.2, 0.25) is 0 Å². The number of esters is 1. The average molecular weight is 497 g/mol. The number of unbranched alkanes of at least 4 members (excludes halogenated alkanes) is 7. The fourth-order valence-corrected chi connectivity index (χ4v) is 4.74. The minimum Gasteiger partial charge on any atom is -0.490 e. The van der Waals surface area contributed by atoms with Crippen LogP contribution < -0.4 is 4.74 Å². The van der Waals surface area contributed by atoms with Crippen LogP contribution in [0.25, 0.3) is 0 Å². The van der Waals surface area contributed by atoms with Crippen molar-refractivity contribution in [3.05, 3.63) is 65.7 Å². The molecule has 0 aliphatic carbocycles. The van der Waals surface area contributed by atoms with E-state index < -0.39 is 0 Å². The van der Waals surface area contributed by atoms with Crippen molar-refractivity contribution < 1.29 is 18.8 Å². The van der Waals surface area contributed by atoms with Crippen molar-refractivity contribution >= 4 is 5.97 Å². The molecule has 2 rings (SSSR count). The summed E-state index contributed by atoms with van der Waals surface area (Å²) >= 11 is 0. The van der Waals surface area contributed by atoms with Gasteiger partial charge in [0.05, 0.1) is 20.6 Å². The number of ether oxygens (including phenoxy) is 2. The number of carbonyl (C=O) groups is 1. The monoisotopic (exact) mass is 496 g/mol. The van der Waals surface area contributed by atoms with Gasteiger partial charge in [0, 0.05) is 5.56 Å². The Balaban J connectivity index is 1.62. The fourth-order valence-electron chi connectivity index (χ4n) is 4.74. The molecule has 1 unspecified atom stereocenters. The van der Waals surface area contributed by atoms with Gasteiger partial charge in [-0.05, 0) is 37.0 Å². The van der Waals surface area contributed by atoms with Gasteiger partial charge < -0.3 is 14.0 Å². The zero-order valence-corrected chi connectivity index (χ0v) is 23.3. The van der Waals surface area contributed by atoms with E-state index in [-0.39, 0.29) is 18.5 Å². The van der Waals surface area contributed by atoms with E-state index in [9.17, 15) is 4.79 Å². The molecule has 4 nitrogen and oxygen atoms in total. The molecular weight excluding hydrogens is 446 g/mol. The molecule has 1 atom stereocenters. The van der Waals surface area contributed by atoms with Crippen LogP contribution in [-0.2, 0) is 22.5 Å². The van der Waals surface area contributed by atoms with Crippen molar-refractivity contribution in [2.75, 3.05) is 33.9 Å². The van der Waals surface area contributed by atoms with Crippen molar-refractivity contribution in [2.45, 2.75) is 84.6 Å². The molecule has 0 saturated carbocycles. The van der Waals surface area contributed by atoms with Crippen LogP contribution >= 0.6 is 0 Å². The number of rotatable bonds is 19. The van der Waals surface area contributed by atoms with E-state index in [0.29, 0.717) is 6.61 Å². The molecule has 2 aromatic rings. The van der Waals surface area contributed by atoms with Crippen molar-refractivity contribution in [3.8, 4) is 5.75 Å². The molecule has 2 aromatic carbocycles. The van der Waals surface area contributed by atoms with Gasteiger partial charge in [-0.25, -0.2) is 0 Å². The maximum absolute atomic E-state index is 12.7. The first-order chi connectivity index (χ1) is 17.4. The van der Waals surface area contributed by atoms with Gasteiger partial charge in [-0.3, -0.25) is 4.79 Å². The number of hydrogen-bond acceptors (Lipinski definition) is 3. The lowest BCUT2D eigenvalue weighted by Crippen LogP contribution is -2.44. The Labute approximate surface area is 220 Å². The largest absolute Gasteiger partial charge is 0.490 e. The summed E-state index contributed by atoms with van der Waals surface area (Å²) in [6, 6.07) is 18.8. The fraction of sp³-hybridized carbons (Fsp3) is 0.594. The molecule has 0 saturated heterocycles. The zero-order chi connectivity index (χ0) is 26.1. The second kappa shape index (κ2) is 17.2. The van der Waals surface area contributed by atoms with Gasteiger partial charge in [0.2, 0.25) is 0 Å². The molecule has 0 bridgehead atoms. The molecule has 0 aliphatic heterocycles. The maximum atomic E-state index is 12.7. The Hall–Kier alpha value is -2.33. The number of benzene rings is 2. The molecule has 200 valence electrons. The first-order valence-electron chi connectivity index (χ1n) is 14.2. The number of nitrogens with zero attached hydrogens (tertiary/aromatic N) is 1. The minimum atomic E-state index is -0.124. The van der Waals surface area contributed by atoms with Crippen LogP contribution in [0.3, 0.4) is 0 Å². The minimum absolute atomic E-state index is 0.112. The molecule has 0 amide bonds. The lowest BCUT2D eigenvalue weighted by molar-refractivity contribution is -0.906. The Kier molecular flexibility index (Phi) is 14.3. The van der Waals surface area contributed by atoms with E-state index in [4.69, 9.17) is 9.47 Å². The van der Waals surface area contributed by atoms with Gasteiger partial charge >= 0.3 is 5.97 Å². The van der Waals surface area contributed by atoms with Gasteiger partial charge in [0.1, 0.15) is 31.4 Å². The molecule has 4 heteroatoms. The normalized spacial score (nSPS) is 12.3. The maximum Gasteiger partial charge on any atom is 0.314 e. The summed E-state index contributed by atoms with van der Waals surface area (Å²) < 4.78 is 12.1. The van der Waals surface area contributed by atoms with Gasteiger partial charge in [-0.1, -0.05) is 101 Å². The lowest BCUT2D eigenvalue weighted by Gasteiger charge is -2.32. The Morgan fingerprint density at radius 2 is 1.42 bits per heavy atom. The van der Waals surface area contributed by atoms with E-state index in [0.717, 1.165) is 36.2 Å². The smallest absolute Gasteiger partial charge is 0.314 e. The van der Waals surface area contributed by atoms with Crippen LogP contribution in [-0.4, -0.2) is 44.3 Å². The van der Waals surface area contributed by atoms with Gasteiger partial charge in [-0.2, -0.15) is 0 Å². The quantitative estimate of drug-likeness (QED) is 0.114. The molecule has 0 radical (unpaired) electrons. The van der Waals surface area contributed by atoms with Crippen molar-refractivity contribution in [1.82, 2.24) is 0 Å². The topological polar surface area (TPSA) is 35.5 Å². The van der Waals surface area contributed by atoms with Crippen LogP contribution in [0.5, 0.6) is 5.75 Å². The third kappa shape index (κ3) is 12.6. The van der Waals surface area contributed by atoms with E-state index in [2.05, 4.69) is 64.3 Å². The highest BCUT2D eigenvalue weighted by Gasteiger charge is 2.28. The highest BCUT2D eigenvalue weighted by Crippen LogP contribution is 2.17. The van der Waals surface area contributed by atoms with E-state index in [1.165, 1.54) is 62.5 Å². The number of hydrogen-bond donors (Lipinski definition) is 0. The molecule has 0 fully saturated rings. The summed E-state index contributed by atoms with van der Waals surface area (Å²) in [5, 5.41) is 0. The zero-order valence-electron chi connectivity index (χ0n) is 23.3. The SMILES string of the molecule is CCCCCCCCCCc1ccc(OCCOC(=O)C(CC)C[N+](C)(C)Cc2ccccc2)cc1. The molecule has 0 aromatic heterocycles. The van der Waals surface area contributed by atoms with E-state index in [1.54, 1.807) is 0 Å². The average Bonchev–Trinajstić information content (AvgIpc) is 2.87. The lowest BCUT2D eigenvalue weighted by atomic mass is 10.0. The summed E-state index contributed by atoms with van der Waals surface area (Å²) in [5.74, 6) is 0.596. The number of carbonyl (C=O) groups excluding carboxylic acids is 1. The summed E-state index contributed by atoms with van der Waals surface area (Å²) in [6.45, 7) is 6.63. The van der Waals surface area contributed by atoms with Gasteiger partial charge in [0.15, 0.2) is 0 Å². The van der Waals surface area contributed by atoms with Crippen LogP contribution in [0, 0.1) is 5.92 Å². The summed E-state index contributed by atoms with van der Waals surface area (Å²) in [6.07, 6.45) is 12.7. The summed E-state index contributed by atoms with van der Waals surface area (Å²) in [7, 11) is 4.34. The standard InChI is InChI=1S/C32H50NO3/c1-5-7-8-9-10-11-12-14-17-28-20-22-31(23-21-28)35-24-25-36-32(34)30(6-2)27-33(3,4)26-29-18-15-13-16-19-29/h13,15-16,18-23,30H,5-12,14,17,24-27H2,1-4H3/q+1. The summed E-state index contributed by atoms with van der Waals surface area (Å²) in [4.78, 5) is 12.7. The second-order valence-electron chi connectivity index (χ2n) is 10.8. The number of quaternary nitrogens is 1. The molecule has 0 spiro atoms. The highest BCUT2D eigenvalue weighted by atomic mass is 16.6. The third-order valence-electron chi connectivity index (χ3n) is 6.83. The molecule has 0 N–H and O–H groups in total. The van der Waals surface area contributed by atoms with E-state index >= 15 is 0 Å². The Morgan fingerprint density at radius 3 is 2.06 bits per heavy atom.